The molecule has 0 radical (unpaired) electrons. The van der Waals surface area contributed by atoms with E-state index in [0.29, 0.717) is 12.5 Å². The Bertz CT molecular complexity index is 337. The van der Waals surface area contributed by atoms with Crippen molar-refractivity contribution in [2.75, 3.05) is 20.3 Å². The van der Waals surface area contributed by atoms with Gasteiger partial charge in [0, 0.05) is 6.54 Å². The SMILES string of the molecule is CCNCc1ccc(OCC(C)C)c(OC)c1. The summed E-state index contributed by atoms with van der Waals surface area (Å²) in [6.07, 6.45) is 0. The third-order valence-electron chi connectivity index (χ3n) is 2.38. The summed E-state index contributed by atoms with van der Waals surface area (Å²) in [7, 11) is 1.68. The molecule has 3 nitrogen and oxygen atoms in total. The van der Waals surface area contributed by atoms with E-state index >= 15 is 0 Å². The molecule has 0 spiro atoms. The molecule has 3 heteroatoms. The average Bonchev–Trinajstić information content (AvgIpc) is 2.34. The predicted octanol–water partition coefficient (Wildman–Crippen LogP) is 2.84. The highest BCUT2D eigenvalue weighted by molar-refractivity contribution is 5.42. The molecule has 0 amide bonds. The van der Waals surface area contributed by atoms with Gasteiger partial charge in [0.15, 0.2) is 11.5 Å². The van der Waals surface area contributed by atoms with Gasteiger partial charge in [0.25, 0.3) is 0 Å². The highest BCUT2D eigenvalue weighted by Crippen LogP contribution is 2.28. The zero-order valence-corrected chi connectivity index (χ0v) is 11.2. The van der Waals surface area contributed by atoms with Crippen LogP contribution in [0.15, 0.2) is 18.2 Å². The molecular formula is C14H23NO2. The topological polar surface area (TPSA) is 30.5 Å². The van der Waals surface area contributed by atoms with E-state index in [1.54, 1.807) is 7.11 Å². The number of hydrogen-bond acceptors (Lipinski definition) is 3. The van der Waals surface area contributed by atoms with E-state index < -0.39 is 0 Å². The van der Waals surface area contributed by atoms with Crippen molar-refractivity contribution in [3.05, 3.63) is 23.8 Å². The lowest BCUT2D eigenvalue weighted by Crippen LogP contribution is -2.12. The lowest BCUT2D eigenvalue weighted by Gasteiger charge is -2.13. The quantitative estimate of drug-likeness (QED) is 0.791. The fourth-order valence-corrected chi connectivity index (χ4v) is 1.47. The summed E-state index contributed by atoms with van der Waals surface area (Å²) in [4.78, 5) is 0. The van der Waals surface area contributed by atoms with Crippen LogP contribution in [-0.4, -0.2) is 20.3 Å². The minimum atomic E-state index is 0.515. The van der Waals surface area contributed by atoms with E-state index in [4.69, 9.17) is 9.47 Å². The Hall–Kier alpha value is -1.22. The lowest BCUT2D eigenvalue weighted by molar-refractivity contribution is 0.256. The Balaban J connectivity index is 2.71. The van der Waals surface area contributed by atoms with Crippen LogP contribution in [0, 0.1) is 5.92 Å². The van der Waals surface area contributed by atoms with E-state index in [2.05, 4.69) is 32.2 Å². The fraction of sp³-hybridized carbons (Fsp3) is 0.571. The molecule has 0 aliphatic carbocycles. The van der Waals surface area contributed by atoms with Crippen molar-refractivity contribution in [1.82, 2.24) is 5.32 Å². The van der Waals surface area contributed by atoms with Gasteiger partial charge >= 0.3 is 0 Å². The van der Waals surface area contributed by atoms with Crippen LogP contribution < -0.4 is 14.8 Å². The van der Waals surface area contributed by atoms with E-state index in [-0.39, 0.29) is 0 Å². The fourth-order valence-electron chi connectivity index (χ4n) is 1.47. The molecule has 1 aromatic rings. The van der Waals surface area contributed by atoms with Crippen LogP contribution in [0.25, 0.3) is 0 Å². The van der Waals surface area contributed by atoms with Crippen LogP contribution in [-0.2, 0) is 6.54 Å². The first-order valence-electron chi connectivity index (χ1n) is 6.17. The Morgan fingerprint density at radius 2 is 2.00 bits per heavy atom. The van der Waals surface area contributed by atoms with Crippen LogP contribution in [0.3, 0.4) is 0 Å². The van der Waals surface area contributed by atoms with E-state index in [9.17, 15) is 0 Å². The van der Waals surface area contributed by atoms with Gasteiger partial charge in [-0.3, -0.25) is 0 Å². The molecule has 0 aromatic heterocycles. The van der Waals surface area contributed by atoms with E-state index in [0.717, 1.165) is 24.6 Å². The first-order chi connectivity index (χ1) is 8.17. The van der Waals surface area contributed by atoms with Crippen LogP contribution in [0.4, 0.5) is 0 Å². The molecule has 0 unspecified atom stereocenters. The van der Waals surface area contributed by atoms with Gasteiger partial charge in [-0.25, -0.2) is 0 Å². The molecule has 0 bridgehead atoms. The van der Waals surface area contributed by atoms with Gasteiger partial charge in [0.1, 0.15) is 0 Å². The normalized spacial score (nSPS) is 10.6. The third-order valence-corrected chi connectivity index (χ3v) is 2.38. The second-order valence-corrected chi connectivity index (χ2v) is 4.47. The molecule has 0 heterocycles. The van der Waals surface area contributed by atoms with Crippen molar-refractivity contribution < 1.29 is 9.47 Å². The average molecular weight is 237 g/mol. The smallest absolute Gasteiger partial charge is 0.161 e. The van der Waals surface area contributed by atoms with Gasteiger partial charge in [-0.2, -0.15) is 0 Å². The molecule has 0 atom stereocenters. The summed E-state index contributed by atoms with van der Waals surface area (Å²) >= 11 is 0. The predicted molar refractivity (Wildman–Crippen MR) is 70.7 cm³/mol. The van der Waals surface area contributed by atoms with Crippen molar-refractivity contribution in [2.45, 2.75) is 27.3 Å². The summed E-state index contributed by atoms with van der Waals surface area (Å²) in [5.41, 5.74) is 1.21. The molecule has 1 N–H and O–H groups in total. The summed E-state index contributed by atoms with van der Waals surface area (Å²) in [5, 5.41) is 3.29. The molecule has 96 valence electrons. The molecule has 1 rings (SSSR count). The Morgan fingerprint density at radius 1 is 1.24 bits per heavy atom. The maximum atomic E-state index is 5.70. The monoisotopic (exact) mass is 237 g/mol. The molecule has 17 heavy (non-hydrogen) atoms. The minimum Gasteiger partial charge on any atom is -0.493 e. The Morgan fingerprint density at radius 3 is 2.59 bits per heavy atom. The van der Waals surface area contributed by atoms with Gasteiger partial charge in [-0.1, -0.05) is 26.8 Å². The number of methoxy groups -OCH3 is 1. The molecule has 0 aliphatic rings. The van der Waals surface area contributed by atoms with E-state index in [1.807, 2.05) is 12.1 Å². The van der Waals surface area contributed by atoms with Crippen molar-refractivity contribution in [3.8, 4) is 11.5 Å². The highest BCUT2D eigenvalue weighted by atomic mass is 16.5. The maximum Gasteiger partial charge on any atom is 0.161 e. The van der Waals surface area contributed by atoms with Crippen LogP contribution in [0.5, 0.6) is 11.5 Å². The second kappa shape index (κ2) is 7.17. The van der Waals surface area contributed by atoms with Gasteiger partial charge in [-0.05, 0) is 30.2 Å². The van der Waals surface area contributed by atoms with Crippen molar-refractivity contribution in [2.24, 2.45) is 5.92 Å². The van der Waals surface area contributed by atoms with Crippen LogP contribution >= 0.6 is 0 Å². The number of benzene rings is 1. The summed E-state index contributed by atoms with van der Waals surface area (Å²) in [6, 6.07) is 6.08. The summed E-state index contributed by atoms with van der Waals surface area (Å²) < 4.78 is 11.0. The largest absolute Gasteiger partial charge is 0.493 e. The van der Waals surface area contributed by atoms with E-state index in [1.165, 1.54) is 5.56 Å². The van der Waals surface area contributed by atoms with Crippen molar-refractivity contribution >= 4 is 0 Å². The van der Waals surface area contributed by atoms with Crippen LogP contribution in [0.1, 0.15) is 26.3 Å². The summed E-state index contributed by atoms with van der Waals surface area (Å²) in [5.74, 6) is 2.14. The highest BCUT2D eigenvalue weighted by Gasteiger charge is 2.06. The molecule has 0 saturated heterocycles. The molecule has 0 fully saturated rings. The first kappa shape index (κ1) is 13.8. The molecule has 0 aliphatic heterocycles. The number of ether oxygens (including phenoxy) is 2. The summed E-state index contributed by atoms with van der Waals surface area (Å²) in [6.45, 7) is 8.89. The van der Waals surface area contributed by atoms with Gasteiger partial charge in [-0.15, -0.1) is 0 Å². The number of nitrogens with one attached hydrogen (secondary N) is 1. The zero-order valence-electron chi connectivity index (χ0n) is 11.2. The van der Waals surface area contributed by atoms with Gasteiger partial charge in [0.05, 0.1) is 13.7 Å². The number of hydrogen-bond donors (Lipinski definition) is 1. The van der Waals surface area contributed by atoms with Crippen LogP contribution in [0.2, 0.25) is 0 Å². The molecule has 1 aromatic carbocycles. The standard InChI is InChI=1S/C14H23NO2/c1-5-15-9-12-6-7-13(14(8-12)16-4)17-10-11(2)3/h6-8,11,15H,5,9-10H2,1-4H3. The Kier molecular flexibility index (Phi) is 5.84. The van der Waals surface area contributed by atoms with Crippen molar-refractivity contribution in [3.63, 3.8) is 0 Å². The molecule has 0 saturated carbocycles. The van der Waals surface area contributed by atoms with Crippen molar-refractivity contribution in [1.29, 1.82) is 0 Å². The Labute approximate surface area is 104 Å². The zero-order chi connectivity index (χ0) is 12.7. The first-order valence-corrected chi connectivity index (χ1v) is 6.17. The minimum absolute atomic E-state index is 0.515. The third kappa shape index (κ3) is 4.65. The molecular weight excluding hydrogens is 214 g/mol. The maximum absolute atomic E-state index is 5.70. The second-order valence-electron chi connectivity index (χ2n) is 4.47. The van der Waals surface area contributed by atoms with Gasteiger partial charge in [0.2, 0.25) is 0 Å². The lowest BCUT2D eigenvalue weighted by atomic mass is 10.2. The number of rotatable bonds is 7. The van der Waals surface area contributed by atoms with Gasteiger partial charge < -0.3 is 14.8 Å².